The number of anilines is 1. The summed E-state index contributed by atoms with van der Waals surface area (Å²) in [6.45, 7) is -0.103. The van der Waals surface area contributed by atoms with E-state index in [2.05, 4.69) is 0 Å². The molecule has 1 atom stereocenters. The van der Waals surface area contributed by atoms with Crippen molar-refractivity contribution >= 4 is 34.1 Å². The summed E-state index contributed by atoms with van der Waals surface area (Å²) in [6.07, 6.45) is -0.647. The molecule has 0 heterocycles. The third kappa shape index (κ3) is 3.53. The van der Waals surface area contributed by atoms with Gasteiger partial charge in [0.1, 0.15) is 12.7 Å². The number of halogens is 1. The molecule has 120 valence electrons. The van der Waals surface area contributed by atoms with E-state index >= 15 is 0 Å². The van der Waals surface area contributed by atoms with Crippen LogP contribution in [-0.2, 0) is 14.4 Å². The van der Waals surface area contributed by atoms with E-state index in [1.165, 1.54) is 6.92 Å². The van der Waals surface area contributed by atoms with E-state index in [-0.39, 0.29) is 0 Å². The number of carboxylic acid groups (broad SMARTS) is 1. The second-order valence-electron chi connectivity index (χ2n) is 5.10. The van der Waals surface area contributed by atoms with Crippen molar-refractivity contribution in [2.75, 3.05) is 11.6 Å². The molecular weight excluding hydrogens is 301 g/mol. The Morgan fingerprint density at radius 3 is 2.39 bits per heavy atom. The first kappa shape index (κ1) is 16.6. The summed E-state index contributed by atoms with van der Waals surface area (Å²) in [5, 5.41) is 10.5. The highest BCUT2D eigenvalue weighted by molar-refractivity contribution is 6.08. The number of hydrogen-bond acceptors (Lipinski definition) is 3. The number of aliphatic carboxylic acids is 1. The topological polar surface area (TPSA) is 74.7 Å². The number of Topliss-reactive ketones (excluding diaryl/α,β-unsaturated/α-hetero) is 1. The third-order valence-corrected chi connectivity index (χ3v) is 3.55. The largest absolute Gasteiger partial charge is 0.481 e. The highest BCUT2D eigenvalue weighted by atomic mass is 19.1. The van der Waals surface area contributed by atoms with Gasteiger partial charge in [0, 0.05) is 12.3 Å². The Morgan fingerprint density at radius 1 is 1.13 bits per heavy atom. The summed E-state index contributed by atoms with van der Waals surface area (Å²) >= 11 is 0. The zero-order valence-corrected chi connectivity index (χ0v) is 12.5. The van der Waals surface area contributed by atoms with Gasteiger partial charge in [-0.15, -0.1) is 0 Å². The zero-order valence-electron chi connectivity index (χ0n) is 12.5. The molecule has 0 saturated carbocycles. The summed E-state index contributed by atoms with van der Waals surface area (Å²) in [4.78, 5) is 36.1. The number of ketones is 1. The first-order valence-electron chi connectivity index (χ1n) is 7.03. The molecule has 23 heavy (non-hydrogen) atoms. The van der Waals surface area contributed by atoms with E-state index in [0.717, 1.165) is 10.3 Å². The number of fused-ring (bicyclic) bond motifs is 1. The predicted molar refractivity (Wildman–Crippen MR) is 84.1 cm³/mol. The molecule has 0 bridgehead atoms. The van der Waals surface area contributed by atoms with E-state index < -0.39 is 36.8 Å². The van der Waals surface area contributed by atoms with Gasteiger partial charge in [-0.25, -0.2) is 4.39 Å². The fourth-order valence-corrected chi connectivity index (χ4v) is 2.58. The van der Waals surface area contributed by atoms with Crippen molar-refractivity contribution in [3.8, 4) is 0 Å². The molecule has 1 N–H and O–H groups in total. The molecule has 0 fully saturated rings. The first-order valence-corrected chi connectivity index (χ1v) is 7.03. The normalized spacial score (nSPS) is 11.9. The standard InChI is InChI=1S/C17H16FNO4/c1-11(20)19(15(9-17(22)23)16(21)10-18)14-8-4-6-12-5-2-3-7-13(12)14/h2-8,15H,9-10H2,1H3,(H,22,23). The van der Waals surface area contributed by atoms with Crippen molar-refractivity contribution in [3.05, 3.63) is 42.5 Å². The predicted octanol–water partition coefficient (Wildman–Crippen LogP) is 2.57. The molecular formula is C17H16FNO4. The Morgan fingerprint density at radius 2 is 1.78 bits per heavy atom. The van der Waals surface area contributed by atoms with Crippen LogP contribution in [0.4, 0.5) is 10.1 Å². The minimum absolute atomic E-state index is 0.392. The lowest BCUT2D eigenvalue weighted by Crippen LogP contribution is -2.46. The Bertz CT molecular complexity index is 754. The van der Waals surface area contributed by atoms with Gasteiger partial charge in [-0.05, 0) is 11.5 Å². The van der Waals surface area contributed by atoms with Gasteiger partial charge in [-0.1, -0.05) is 36.4 Å². The molecule has 0 aliphatic rings. The Balaban J connectivity index is 2.61. The van der Waals surface area contributed by atoms with Crippen molar-refractivity contribution in [1.29, 1.82) is 0 Å². The van der Waals surface area contributed by atoms with Gasteiger partial charge in [0.15, 0.2) is 5.78 Å². The fraction of sp³-hybridized carbons (Fsp3) is 0.235. The number of rotatable bonds is 6. The van der Waals surface area contributed by atoms with Gasteiger partial charge < -0.3 is 10.0 Å². The fourth-order valence-electron chi connectivity index (χ4n) is 2.58. The number of carbonyl (C=O) groups is 3. The lowest BCUT2D eigenvalue weighted by Gasteiger charge is -2.29. The van der Waals surface area contributed by atoms with Gasteiger partial charge in [-0.2, -0.15) is 0 Å². The van der Waals surface area contributed by atoms with Crippen LogP contribution < -0.4 is 4.90 Å². The van der Waals surface area contributed by atoms with Crippen LogP contribution in [0.25, 0.3) is 10.8 Å². The van der Waals surface area contributed by atoms with E-state index in [4.69, 9.17) is 5.11 Å². The van der Waals surface area contributed by atoms with Crippen LogP contribution in [-0.4, -0.2) is 35.5 Å². The van der Waals surface area contributed by atoms with E-state index in [1.54, 1.807) is 24.3 Å². The van der Waals surface area contributed by atoms with Crippen LogP contribution in [0.1, 0.15) is 13.3 Å². The maximum atomic E-state index is 12.9. The van der Waals surface area contributed by atoms with E-state index in [1.807, 2.05) is 18.2 Å². The minimum atomic E-state index is -1.37. The molecule has 0 aromatic heterocycles. The van der Waals surface area contributed by atoms with Crippen LogP contribution in [0, 0.1) is 0 Å². The lowest BCUT2D eigenvalue weighted by atomic mass is 10.0. The number of benzene rings is 2. The number of amides is 1. The van der Waals surface area contributed by atoms with Crippen LogP contribution in [0.2, 0.25) is 0 Å². The maximum absolute atomic E-state index is 12.9. The summed E-state index contributed by atoms with van der Waals surface area (Å²) < 4.78 is 12.9. The highest BCUT2D eigenvalue weighted by Gasteiger charge is 2.32. The van der Waals surface area contributed by atoms with Gasteiger partial charge in [-0.3, -0.25) is 14.4 Å². The van der Waals surface area contributed by atoms with Crippen LogP contribution >= 0.6 is 0 Å². The lowest BCUT2D eigenvalue weighted by molar-refractivity contribution is -0.139. The summed E-state index contributed by atoms with van der Waals surface area (Å²) in [6, 6.07) is 11.0. The Kier molecular flexibility index (Phi) is 5.05. The zero-order chi connectivity index (χ0) is 17.0. The van der Waals surface area contributed by atoms with Crippen molar-refractivity contribution in [3.63, 3.8) is 0 Å². The average Bonchev–Trinajstić information content (AvgIpc) is 2.53. The second-order valence-corrected chi connectivity index (χ2v) is 5.10. The highest BCUT2D eigenvalue weighted by Crippen LogP contribution is 2.29. The molecule has 0 saturated heterocycles. The van der Waals surface area contributed by atoms with Gasteiger partial charge >= 0.3 is 5.97 Å². The van der Waals surface area contributed by atoms with Crippen LogP contribution in [0.15, 0.2) is 42.5 Å². The molecule has 6 heteroatoms. The minimum Gasteiger partial charge on any atom is -0.481 e. The summed E-state index contributed by atoms with van der Waals surface area (Å²) in [5.41, 5.74) is 0.392. The number of carboxylic acids is 1. The van der Waals surface area contributed by atoms with Gasteiger partial charge in [0.25, 0.3) is 0 Å². The number of carbonyl (C=O) groups excluding carboxylic acids is 2. The molecule has 0 aliphatic heterocycles. The molecule has 0 spiro atoms. The molecule has 5 nitrogen and oxygen atoms in total. The SMILES string of the molecule is CC(=O)N(c1cccc2ccccc12)C(CC(=O)O)C(=O)CF. The molecule has 0 radical (unpaired) electrons. The van der Waals surface area contributed by atoms with E-state index in [0.29, 0.717) is 11.1 Å². The Labute approximate surface area is 132 Å². The van der Waals surface area contributed by atoms with Crippen molar-refractivity contribution in [1.82, 2.24) is 0 Å². The maximum Gasteiger partial charge on any atom is 0.305 e. The third-order valence-electron chi connectivity index (χ3n) is 3.55. The molecule has 1 unspecified atom stereocenters. The molecule has 1 amide bonds. The first-order chi connectivity index (χ1) is 11.0. The molecule has 2 aromatic carbocycles. The number of nitrogens with zero attached hydrogens (tertiary/aromatic N) is 1. The number of hydrogen-bond donors (Lipinski definition) is 1. The quantitative estimate of drug-likeness (QED) is 0.888. The average molecular weight is 317 g/mol. The van der Waals surface area contributed by atoms with Gasteiger partial charge in [0.2, 0.25) is 5.91 Å². The number of alkyl halides is 1. The summed E-state index contributed by atoms with van der Waals surface area (Å²) in [5.74, 6) is -2.73. The monoisotopic (exact) mass is 317 g/mol. The van der Waals surface area contributed by atoms with Crippen molar-refractivity contribution in [2.45, 2.75) is 19.4 Å². The van der Waals surface area contributed by atoms with E-state index in [9.17, 15) is 18.8 Å². The Hall–Kier alpha value is -2.76. The van der Waals surface area contributed by atoms with Crippen molar-refractivity contribution in [2.24, 2.45) is 0 Å². The second kappa shape index (κ2) is 7.00. The van der Waals surface area contributed by atoms with Crippen molar-refractivity contribution < 1.29 is 23.9 Å². The molecule has 2 aromatic rings. The van der Waals surface area contributed by atoms with Gasteiger partial charge in [0.05, 0.1) is 12.1 Å². The molecule has 2 rings (SSSR count). The van der Waals surface area contributed by atoms with Crippen LogP contribution in [0.3, 0.4) is 0 Å². The van der Waals surface area contributed by atoms with Crippen LogP contribution in [0.5, 0.6) is 0 Å². The molecule has 0 aliphatic carbocycles. The summed E-state index contributed by atoms with van der Waals surface area (Å²) in [7, 11) is 0. The smallest absolute Gasteiger partial charge is 0.305 e.